The van der Waals surface area contributed by atoms with Gasteiger partial charge in [0.15, 0.2) is 5.15 Å². The van der Waals surface area contributed by atoms with Gasteiger partial charge in [-0.15, -0.1) is 0 Å². The summed E-state index contributed by atoms with van der Waals surface area (Å²) in [6.07, 6.45) is 1.53. The molecular formula is C10H16ClN3O2S. The normalized spacial score (nSPS) is 11.8. The minimum absolute atomic E-state index is 0.153. The van der Waals surface area contributed by atoms with Gasteiger partial charge in [0.25, 0.3) is 0 Å². The van der Waals surface area contributed by atoms with Gasteiger partial charge >= 0.3 is 10.2 Å². The summed E-state index contributed by atoms with van der Waals surface area (Å²) in [6.45, 7) is 6.14. The molecule has 0 aliphatic carbocycles. The summed E-state index contributed by atoms with van der Waals surface area (Å²) in [6, 6.07) is 1.70. The van der Waals surface area contributed by atoms with E-state index in [4.69, 9.17) is 11.6 Å². The highest BCUT2D eigenvalue weighted by Gasteiger charge is 2.20. The molecule has 0 spiro atoms. The summed E-state index contributed by atoms with van der Waals surface area (Å²) in [5, 5.41) is 0.153. The summed E-state index contributed by atoms with van der Waals surface area (Å²) in [7, 11) is -3.56. The van der Waals surface area contributed by atoms with Crippen molar-refractivity contribution in [3.8, 4) is 0 Å². The number of hydrogen-bond donors (Lipinski definition) is 1. The summed E-state index contributed by atoms with van der Waals surface area (Å²) < 4.78 is 27.8. The summed E-state index contributed by atoms with van der Waals surface area (Å²) in [5.74, 6) is 0. The molecule has 0 bridgehead atoms. The van der Waals surface area contributed by atoms with Crippen molar-refractivity contribution in [2.24, 2.45) is 0 Å². The number of hydrogen-bond acceptors (Lipinski definition) is 3. The molecule has 0 saturated heterocycles. The molecular weight excluding hydrogens is 262 g/mol. The number of halogens is 1. The molecule has 0 unspecified atom stereocenters. The standard InChI is InChI=1S/C10H16ClN3O2S/c1-4-14(5-2)17(15,16)13-9-8(3)6-7-12-10(9)11/h6-7,13H,4-5H2,1-3H3. The molecule has 5 nitrogen and oxygen atoms in total. The third-order valence-electron chi connectivity index (χ3n) is 2.39. The van der Waals surface area contributed by atoms with Gasteiger partial charge in [-0.25, -0.2) is 4.98 Å². The van der Waals surface area contributed by atoms with Crippen molar-refractivity contribution in [2.45, 2.75) is 20.8 Å². The minimum Gasteiger partial charge on any atom is -0.268 e. The number of anilines is 1. The van der Waals surface area contributed by atoms with Gasteiger partial charge in [-0.3, -0.25) is 4.72 Å². The quantitative estimate of drug-likeness (QED) is 0.838. The summed E-state index contributed by atoms with van der Waals surface area (Å²) in [4.78, 5) is 3.86. The molecule has 0 aromatic carbocycles. The largest absolute Gasteiger partial charge is 0.301 e. The van der Waals surface area contributed by atoms with Crippen molar-refractivity contribution in [3.63, 3.8) is 0 Å². The van der Waals surface area contributed by atoms with Crippen LogP contribution < -0.4 is 4.72 Å². The highest BCUT2D eigenvalue weighted by molar-refractivity contribution is 7.90. The lowest BCUT2D eigenvalue weighted by Gasteiger charge is -2.20. The van der Waals surface area contributed by atoms with E-state index in [1.54, 1.807) is 26.8 Å². The van der Waals surface area contributed by atoms with E-state index >= 15 is 0 Å². The Kier molecular flexibility index (Phi) is 4.73. The van der Waals surface area contributed by atoms with E-state index in [-0.39, 0.29) is 5.15 Å². The van der Waals surface area contributed by atoms with Crippen LogP contribution in [0.25, 0.3) is 0 Å². The maximum atomic E-state index is 12.0. The van der Waals surface area contributed by atoms with Crippen molar-refractivity contribution in [3.05, 3.63) is 23.0 Å². The van der Waals surface area contributed by atoms with Gasteiger partial charge in [0.2, 0.25) is 0 Å². The molecule has 1 rings (SSSR count). The Labute approximate surface area is 107 Å². The maximum Gasteiger partial charge on any atom is 0.301 e. The zero-order valence-corrected chi connectivity index (χ0v) is 11.6. The van der Waals surface area contributed by atoms with Crippen LogP contribution in [0.15, 0.2) is 12.3 Å². The lowest BCUT2D eigenvalue weighted by molar-refractivity contribution is 0.449. The molecule has 1 aromatic rings. The molecule has 0 atom stereocenters. The van der Waals surface area contributed by atoms with E-state index in [0.29, 0.717) is 18.8 Å². The molecule has 1 heterocycles. The van der Waals surface area contributed by atoms with E-state index in [0.717, 1.165) is 5.56 Å². The highest BCUT2D eigenvalue weighted by Crippen LogP contribution is 2.24. The van der Waals surface area contributed by atoms with Crippen LogP contribution in [0, 0.1) is 6.92 Å². The second-order valence-electron chi connectivity index (χ2n) is 3.49. The summed E-state index contributed by atoms with van der Waals surface area (Å²) in [5.41, 5.74) is 1.07. The fourth-order valence-electron chi connectivity index (χ4n) is 1.40. The monoisotopic (exact) mass is 277 g/mol. The maximum absolute atomic E-state index is 12.0. The van der Waals surface area contributed by atoms with Crippen molar-refractivity contribution in [1.29, 1.82) is 0 Å². The van der Waals surface area contributed by atoms with Crippen molar-refractivity contribution >= 4 is 27.5 Å². The number of nitrogens with one attached hydrogen (secondary N) is 1. The smallest absolute Gasteiger partial charge is 0.268 e. The number of pyridine rings is 1. The van der Waals surface area contributed by atoms with E-state index < -0.39 is 10.2 Å². The zero-order chi connectivity index (χ0) is 13.1. The topological polar surface area (TPSA) is 62.3 Å². The zero-order valence-electron chi connectivity index (χ0n) is 10.1. The van der Waals surface area contributed by atoms with Gasteiger partial charge in [-0.05, 0) is 18.6 Å². The first-order valence-electron chi connectivity index (χ1n) is 5.31. The number of nitrogens with zero attached hydrogens (tertiary/aromatic N) is 2. The Hall–Kier alpha value is -0.850. The average Bonchev–Trinajstić information content (AvgIpc) is 2.25. The fourth-order valence-corrected chi connectivity index (χ4v) is 3.04. The van der Waals surface area contributed by atoms with Crippen molar-refractivity contribution in [1.82, 2.24) is 9.29 Å². The Bertz CT molecular complexity index is 466. The predicted molar refractivity (Wildman–Crippen MR) is 69.4 cm³/mol. The average molecular weight is 278 g/mol. The SMILES string of the molecule is CCN(CC)S(=O)(=O)Nc1c(C)ccnc1Cl. The fraction of sp³-hybridized carbons (Fsp3) is 0.500. The Balaban J connectivity index is 3.06. The molecule has 0 radical (unpaired) electrons. The Morgan fingerprint density at radius 1 is 1.41 bits per heavy atom. The van der Waals surface area contributed by atoms with Crippen LogP contribution >= 0.6 is 11.6 Å². The molecule has 0 amide bonds. The second kappa shape index (κ2) is 5.66. The van der Waals surface area contributed by atoms with Gasteiger partial charge in [0.1, 0.15) is 0 Å². The van der Waals surface area contributed by atoms with Gasteiger partial charge in [-0.1, -0.05) is 25.4 Å². The second-order valence-corrected chi connectivity index (χ2v) is 5.51. The number of rotatable bonds is 5. The Morgan fingerprint density at radius 3 is 2.47 bits per heavy atom. The molecule has 7 heteroatoms. The number of aryl methyl sites for hydroxylation is 1. The first-order chi connectivity index (χ1) is 7.92. The van der Waals surface area contributed by atoms with Crippen LogP contribution in [0.5, 0.6) is 0 Å². The van der Waals surface area contributed by atoms with Crippen molar-refractivity contribution in [2.75, 3.05) is 17.8 Å². The van der Waals surface area contributed by atoms with E-state index in [1.807, 2.05) is 0 Å². The third kappa shape index (κ3) is 3.31. The van der Waals surface area contributed by atoms with Crippen molar-refractivity contribution < 1.29 is 8.42 Å². The lowest BCUT2D eigenvalue weighted by atomic mass is 10.3. The molecule has 96 valence electrons. The van der Waals surface area contributed by atoms with Crippen LogP contribution in [0.1, 0.15) is 19.4 Å². The third-order valence-corrected chi connectivity index (χ3v) is 4.33. The molecule has 0 fully saturated rings. The van der Waals surface area contributed by atoms with E-state index in [9.17, 15) is 8.42 Å². The predicted octanol–water partition coefficient (Wildman–Crippen LogP) is 2.04. The molecule has 0 saturated carbocycles. The first-order valence-corrected chi connectivity index (χ1v) is 7.13. The van der Waals surface area contributed by atoms with Crippen LogP contribution in [0.2, 0.25) is 5.15 Å². The van der Waals surface area contributed by atoms with E-state index in [2.05, 4.69) is 9.71 Å². The van der Waals surface area contributed by atoms with Crippen LogP contribution in [-0.2, 0) is 10.2 Å². The molecule has 1 aromatic heterocycles. The Morgan fingerprint density at radius 2 is 2.00 bits per heavy atom. The van der Waals surface area contributed by atoms with Gasteiger partial charge in [0.05, 0.1) is 5.69 Å². The molecule has 0 aliphatic heterocycles. The number of aromatic nitrogens is 1. The van der Waals surface area contributed by atoms with Gasteiger partial charge in [0, 0.05) is 19.3 Å². The molecule has 0 aliphatic rings. The van der Waals surface area contributed by atoms with E-state index in [1.165, 1.54) is 10.5 Å². The van der Waals surface area contributed by atoms with Crippen LogP contribution in [0.3, 0.4) is 0 Å². The molecule has 17 heavy (non-hydrogen) atoms. The first kappa shape index (κ1) is 14.2. The van der Waals surface area contributed by atoms with Crippen LogP contribution in [0.4, 0.5) is 5.69 Å². The van der Waals surface area contributed by atoms with Crippen LogP contribution in [-0.4, -0.2) is 30.8 Å². The van der Waals surface area contributed by atoms with Gasteiger partial charge in [-0.2, -0.15) is 12.7 Å². The highest BCUT2D eigenvalue weighted by atomic mass is 35.5. The summed E-state index contributed by atoms with van der Waals surface area (Å²) >= 11 is 5.87. The minimum atomic E-state index is -3.56. The molecule has 1 N–H and O–H groups in total. The van der Waals surface area contributed by atoms with Gasteiger partial charge < -0.3 is 0 Å². The lowest BCUT2D eigenvalue weighted by Crippen LogP contribution is -2.35.